The largest absolute Gasteiger partial charge is 0.501 e. The van der Waals surface area contributed by atoms with Crippen molar-refractivity contribution in [3.8, 4) is 0 Å². The Morgan fingerprint density at radius 1 is 1.35 bits per heavy atom. The molecule has 11 heteroatoms. The van der Waals surface area contributed by atoms with Crippen molar-refractivity contribution in [3.63, 3.8) is 0 Å². The fourth-order valence-corrected chi connectivity index (χ4v) is 2.81. The molecule has 0 spiro atoms. The van der Waals surface area contributed by atoms with Gasteiger partial charge in [0, 0.05) is 0 Å². The van der Waals surface area contributed by atoms with Gasteiger partial charge in [-0.15, -0.1) is 0 Å². The van der Waals surface area contributed by atoms with Gasteiger partial charge in [-0.05, 0) is 23.2 Å². The molecule has 1 aromatic rings. The van der Waals surface area contributed by atoms with Gasteiger partial charge in [0.25, 0.3) is 9.84 Å². The lowest BCUT2D eigenvalue weighted by Crippen LogP contribution is -2.31. The number of hydrogen-bond acceptors (Lipinski definition) is 5. The van der Waals surface area contributed by atoms with Gasteiger partial charge in [0.15, 0.2) is 0 Å². The molecule has 0 aliphatic carbocycles. The predicted molar refractivity (Wildman–Crippen MR) is 59.0 cm³/mol. The van der Waals surface area contributed by atoms with Gasteiger partial charge in [-0.25, -0.2) is 13.2 Å². The second-order valence-electron chi connectivity index (χ2n) is 3.96. The first-order valence-electron chi connectivity index (χ1n) is 5.07. The van der Waals surface area contributed by atoms with Crippen LogP contribution in [0.25, 0.3) is 0 Å². The molecular weight excluding hydrogens is 304 g/mol. The van der Waals surface area contributed by atoms with E-state index in [0.29, 0.717) is 6.07 Å². The zero-order valence-corrected chi connectivity index (χ0v) is 10.3. The van der Waals surface area contributed by atoms with Crippen LogP contribution in [0.4, 0.5) is 13.2 Å². The molecule has 1 aliphatic rings. The Hall–Kier alpha value is -1.59. The number of carboxylic acids is 1. The van der Waals surface area contributed by atoms with E-state index >= 15 is 0 Å². The Bertz CT molecular complexity index is 684. The van der Waals surface area contributed by atoms with Gasteiger partial charge in [-0.3, -0.25) is 0 Å². The SMILES string of the molecule is O=C(O)c1cc2c(c(S(=O)(=O)C(F)(F)F)c1)COB2O. The molecular formula is C9H6BF3O6S. The number of carboxylic acid groups (broad SMARTS) is 1. The van der Waals surface area contributed by atoms with Crippen LogP contribution in [0, 0.1) is 0 Å². The maximum atomic E-state index is 12.6. The van der Waals surface area contributed by atoms with Crippen LogP contribution in [0.1, 0.15) is 15.9 Å². The number of hydrogen-bond donors (Lipinski definition) is 2. The molecule has 0 atom stereocenters. The molecule has 0 aromatic heterocycles. The van der Waals surface area contributed by atoms with Crippen molar-refractivity contribution in [2.24, 2.45) is 0 Å². The minimum absolute atomic E-state index is 0.298. The van der Waals surface area contributed by atoms with Crippen LogP contribution in [0.2, 0.25) is 0 Å². The summed E-state index contributed by atoms with van der Waals surface area (Å²) in [4.78, 5) is 9.63. The Morgan fingerprint density at radius 2 is 1.95 bits per heavy atom. The third kappa shape index (κ3) is 2.17. The second kappa shape index (κ2) is 4.47. The van der Waals surface area contributed by atoms with Gasteiger partial charge in [0.2, 0.25) is 0 Å². The van der Waals surface area contributed by atoms with Gasteiger partial charge in [0.05, 0.1) is 17.1 Å². The summed E-state index contributed by atoms with van der Waals surface area (Å²) < 4.78 is 65.3. The number of benzene rings is 1. The van der Waals surface area contributed by atoms with Crippen LogP contribution < -0.4 is 5.46 Å². The molecule has 6 nitrogen and oxygen atoms in total. The molecule has 1 aromatic carbocycles. The van der Waals surface area contributed by atoms with E-state index in [0.717, 1.165) is 6.07 Å². The third-order valence-electron chi connectivity index (χ3n) is 2.74. The molecule has 0 amide bonds. The molecule has 2 N–H and O–H groups in total. The summed E-state index contributed by atoms with van der Waals surface area (Å²) >= 11 is 0. The number of carbonyl (C=O) groups is 1. The molecule has 0 saturated carbocycles. The average Bonchev–Trinajstić information content (AvgIpc) is 2.68. The smallest absolute Gasteiger partial charge is 0.478 e. The molecule has 1 aliphatic heterocycles. The van der Waals surface area contributed by atoms with Crippen molar-refractivity contribution in [2.45, 2.75) is 17.0 Å². The van der Waals surface area contributed by atoms with Gasteiger partial charge >= 0.3 is 18.6 Å². The summed E-state index contributed by atoms with van der Waals surface area (Å²) in [7, 11) is -7.40. The standard InChI is InChI=1S/C9H6BF3O6S/c11-9(12,13)20(17,18)7-2-4(8(14)15)1-6-5(7)3-19-10(6)16/h1-2,16H,3H2,(H,14,15). The van der Waals surface area contributed by atoms with Gasteiger partial charge in [-0.2, -0.15) is 13.2 Å². The molecule has 1 heterocycles. The van der Waals surface area contributed by atoms with Crippen LogP contribution in [-0.4, -0.2) is 37.1 Å². The highest BCUT2D eigenvalue weighted by atomic mass is 32.2. The normalized spacial score (nSPS) is 15.3. The summed E-state index contributed by atoms with van der Waals surface area (Å²) in [5, 5.41) is 18.2. The molecule has 0 fully saturated rings. The highest BCUT2D eigenvalue weighted by molar-refractivity contribution is 7.92. The fourth-order valence-electron chi connectivity index (χ4n) is 1.78. The topological polar surface area (TPSA) is 101 Å². The van der Waals surface area contributed by atoms with Crippen molar-refractivity contribution in [1.82, 2.24) is 0 Å². The lowest BCUT2D eigenvalue weighted by atomic mass is 9.79. The van der Waals surface area contributed by atoms with Crippen LogP contribution in [-0.2, 0) is 21.1 Å². The predicted octanol–water partition coefficient (Wildman–Crippen LogP) is -0.104. The minimum Gasteiger partial charge on any atom is -0.478 e. The van der Waals surface area contributed by atoms with E-state index in [4.69, 9.17) is 5.11 Å². The maximum Gasteiger partial charge on any atom is 0.501 e. The lowest BCUT2D eigenvalue weighted by molar-refractivity contribution is -0.0436. The monoisotopic (exact) mass is 310 g/mol. The van der Waals surface area contributed by atoms with Crippen LogP contribution in [0.15, 0.2) is 17.0 Å². The molecule has 20 heavy (non-hydrogen) atoms. The van der Waals surface area contributed by atoms with Gasteiger partial charge in [0.1, 0.15) is 0 Å². The molecule has 0 radical (unpaired) electrons. The molecule has 2 rings (SSSR count). The van der Waals surface area contributed by atoms with E-state index in [9.17, 15) is 31.4 Å². The number of alkyl halides is 3. The second-order valence-corrected chi connectivity index (χ2v) is 5.87. The van der Waals surface area contributed by atoms with E-state index in [2.05, 4.69) is 4.65 Å². The van der Waals surface area contributed by atoms with E-state index < -0.39 is 45.5 Å². The van der Waals surface area contributed by atoms with Crippen molar-refractivity contribution >= 4 is 28.4 Å². The number of sulfone groups is 1. The van der Waals surface area contributed by atoms with Crippen molar-refractivity contribution in [3.05, 3.63) is 23.3 Å². The zero-order valence-electron chi connectivity index (χ0n) is 9.51. The van der Waals surface area contributed by atoms with E-state index in [1.807, 2.05) is 0 Å². The maximum absolute atomic E-state index is 12.6. The number of halogens is 3. The summed E-state index contributed by atoms with van der Waals surface area (Å²) in [5.41, 5.74) is -6.95. The summed E-state index contributed by atoms with van der Waals surface area (Å²) in [5.74, 6) is -1.62. The first-order valence-corrected chi connectivity index (χ1v) is 6.55. The van der Waals surface area contributed by atoms with Crippen LogP contribution in [0.5, 0.6) is 0 Å². The Morgan fingerprint density at radius 3 is 2.45 bits per heavy atom. The quantitative estimate of drug-likeness (QED) is 0.740. The van der Waals surface area contributed by atoms with Gasteiger partial charge in [-0.1, -0.05) is 0 Å². The number of fused-ring (bicyclic) bond motifs is 1. The third-order valence-corrected chi connectivity index (χ3v) is 4.29. The first kappa shape index (κ1) is 14.8. The zero-order chi connectivity index (χ0) is 15.3. The summed E-state index contributed by atoms with van der Waals surface area (Å²) in [6, 6.07) is 1.29. The van der Waals surface area contributed by atoms with Gasteiger partial charge < -0.3 is 14.8 Å². The highest BCUT2D eigenvalue weighted by Gasteiger charge is 2.49. The fraction of sp³-hybridized carbons (Fsp3) is 0.222. The minimum atomic E-state index is -5.74. The van der Waals surface area contributed by atoms with Crippen molar-refractivity contribution < 1.29 is 41.2 Å². The van der Waals surface area contributed by atoms with E-state index in [1.54, 1.807) is 0 Å². The summed E-state index contributed by atoms with van der Waals surface area (Å²) in [6.07, 6.45) is 0. The number of aromatic carboxylic acids is 1. The number of rotatable bonds is 2. The van der Waals surface area contributed by atoms with Crippen molar-refractivity contribution in [2.75, 3.05) is 0 Å². The molecule has 0 unspecified atom stereocenters. The van der Waals surface area contributed by atoms with E-state index in [-0.39, 0.29) is 11.0 Å². The van der Waals surface area contributed by atoms with Crippen molar-refractivity contribution in [1.29, 1.82) is 0 Å². The lowest BCUT2D eigenvalue weighted by Gasteiger charge is -2.12. The average molecular weight is 310 g/mol. The van der Waals surface area contributed by atoms with Crippen LogP contribution in [0.3, 0.4) is 0 Å². The Kier molecular flexibility index (Phi) is 3.31. The Labute approximate surface area is 110 Å². The first-order chi connectivity index (χ1) is 9.05. The molecule has 0 saturated heterocycles. The Balaban J connectivity index is 2.78. The molecule has 108 valence electrons. The molecule has 0 bridgehead atoms. The highest BCUT2D eigenvalue weighted by Crippen LogP contribution is 2.33. The van der Waals surface area contributed by atoms with Crippen LogP contribution >= 0.6 is 0 Å². The van der Waals surface area contributed by atoms with E-state index in [1.165, 1.54) is 0 Å². The summed E-state index contributed by atoms with van der Waals surface area (Å²) in [6.45, 7) is -0.555.